The molecule has 0 rings (SSSR count). The molecular weight excluding hydrogens is 212 g/mol. The van der Waals surface area contributed by atoms with Crippen molar-refractivity contribution in [3.05, 3.63) is 25.3 Å². The fraction of sp³-hybridized carbons (Fsp3) is 0.636. The smallest absolute Gasteiger partial charge is 0.0649 e. The molecule has 4 N–H and O–H groups in total. The minimum Gasteiger partial charge on any atom is -0.396 e. The van der Waals surface area contributed by atoms with E-state index in [1.807, 2.05) is 0 Å². The Hall–Kier alpha value is -0.720. The summed E-state index contributed by atoms with van der Waals surface area (Å²) in [5, 5.41) is 34.0. The fourth-order valence-corrected chi connectivity index (χ4v) is 0.535. The zero-order valence-electron chi connectivity index (χ0n) is 9.51. The Morgan fingerprint density at radius 2 is 1.12 bits per heavy atom. The number of aliphatic hydroxyl groups is 4. The topological polar surface area (TPSA) is 90.2 Å². The molecule has 0 unspecified atom stereocenters. The predicted molar refractivity (Wildman–Crippen MR) is 62.0 cm³/mol. The third-order valence-electron chi connectivity index (χ3n) is 1.81. The first-order valence-corrected chi connectivity index (χ1v) is 4.89. The van der Waals surface area contributed by atoms with Gasteiger partial charge in [-0.1, -0.05) is 12.2 Å². The summed E-state index contributed by atoms with van der Waals surface area (Å²) in [7, 11) is 0. The molecule has 0 aliphatic heterocycles. The van der Waals surface area contributed by atoms with Gasteiger partial charge in [0.2, 0.25) is 0 Å². The third-order valence-corrected chi connectivity index (χ3v) is 1.81. The fourth-order valence-electron chi connectivity index (χ4n) is 0.535. The van der Waals surface area contributed by atoms with E-state index in [9.17, 15) is 0 Å². The van der Waals surface area contributed by atoms with Crippen molar-refractivity contribution in [3.8, 4) is 0 Å². The van der Waals surface area contributed by atoms with E-state index < -0.39 is 31.8 Å². The van der Waals surface area contributed by atoms with Crippen LogP contribution in [0.4, 0.5) is 0 Å². The van der Waals surface area contributed by atoms with Crippen molar-refractivity contribution in [1.82, 2.24) is 0 Å². The molecule has 0 bridgehead atoms. The average molecular weight is 234 g/mol. The molecule has 0 radical (unpaired) electrons. The van der Waals surface area contributed by atoms with Crippen LogP contribution in [0.15, 0.2) is 25.3 Å². The Kier molecular flexibility index (Phi) is 13.6. The van der Waals surface area contributed by atoms with Crippen LogP contribution in [0.3, 0.4) is 0 Å². The molecule has 0 aromatic rings. The summed E-state index contributed by atoms with van der Waals surface area (Å²) in [6.07, 6.45) is 3.42. The van der Waals surface area contributed by atoms with Gasteiger partial charge in [0, 0.05) is 0 Å². The van der Waals surface area contributed by atoms with E-state index in [0.29, 0.717) is 13.2 Å². The van der Waals surface area contributed by atoms with E-state index in [-0.39, 0.29) is 0 Å². The first-order valence-electron chi connectivity index (χ1n) is 4.89. The molecule has 0 aromatic heterocycles. The van der Waals surface area contributed by atoms with Gasteiger partial charge in [-0.3, -0.25) is 0 Å². The average Bonchev–Trinajstić information content (AvgIpc) is 2.34. The van der Waals surface area contributed by atoms with Gasteiger partial charge in [-0.25, -0.2) is 0 Å². The first-order chi connectivity index (χ1) is 7.66. The Bertz CT molecular complexity index is 140. The van der Waals surface area contributed by atoms with E-state index in [1.165, 1.54) is 0 Å². The van der Waals surface area contributed by atoms with Crippen molar-refractivity contribution in [2.24, 2.45) is 5.41 Å². The van der Waals surface area contributed by atoms with Gasteiger partial charge in [0.05, 0.1) is 45.1 Å². The van der Waals surface area contributed by atoms with Gasteiger partial charge in [0.15, 0.2) is 0 Å². The molecule has 0 spiro atoms. The summed E-state index contributed by atoms with van der Waals surface area (Å²) in [5.41, 5.74) is -1.11. The van der Waals surface area contributed by atoms with Gasteiger partial charge in [-0.05, 0) is 0 Å². The lowest BCUT2D eigenvalue weighted by Crippen LogP contribution is -2.37. The standard InChI is InChI=1S/C6H10O.C5H12O4/c1-3-5-7-6-4-2;6-1-5(2-7,3-8)4-9/h3-4H,1-2,5-6H2;6-9H,1-4H2. The lowest BCUT2D eigenvalue weighted by Gasteiger charge is -2.23. The van der Waals surface area contributed by atoms with Gasteiger partial charge in [-0.2, -0.15) is 0 Å². The summed E-state index contributed by atoms with van der Waals surface area (Å²) < 4.78 is 4.90. The lowest BCUT2D eigenvalue weighted by molar-refractivity contribution is -0.0328. The van der Waals surface area contributed by atoms with Crippen LogP contribution in [0.1, 0.15) is 0 Å². The summed E-state index contributed by atoms with van der Waals surface area (Å²) >= 11 is 0. The summed E-state index contributed by atoms with van der Waals surface area (Å²) in [6.45, 7) is 6.56. The van der Waals surface area contributed by atoms with Gasteiger partial charge in [0.25, 0.3) is 0 Å². The minimum atomic E-state index is -1.11. The predicted octanol–water partition coefficient (Wildman–Crippen LogP) is -0.683. The maximum absolute atomic E-state index is 8.50. The quantitative estimate of drug-likeness (QED) is 0.330. The summed E-state index contributed by atoms with van der Waals surface area (Å²) in [4.78, 5) is 0. The molecular formula is C11H22O5. The SMILES string of the molecule is C=CCOCC=C.OCC(CO)(CO)CO. The first kappa shape index (κ1) is 17.7. The van der Waals surface area contributed by atoms with Crippen molar-refractivity contribution in [2.75, 3.05) is 39.6 Å². The molecule has 5 nitrogen and oxygen atoms in total. The summed E-state index contributed by atoms with van der Waals surface area (Å²) in [5.74, 6) is 0. The Balaban J connectivity index is 0. The third kappa shape index (κ3) is 8.58. The molecule has 5 heteroatoms. The molecule has 0 saturated heterocycles. The molecule has 0 aromatic carbocycles. The molecule has 0 aliphatic rings. The zero-order chi connectivity index (χ0) is 12.9. The zero-order valence-corrected chi connectivity index (χ0v) is 9.51. The minimum absolute atomic E-state index is 0.406. The van der Waals surface area contributed by atoms with Crippen LogP contribution < -0.4 is 0 Å². The van der Waals surface area contributed by atoms with E-state index in [0.717, 1.165) is 0 Å². The number of hydrogen-bond acceptors (Lipinski definition) is 5. The van der Waals surface area contributed by atoms with Crippen molar-refractivity contribution < 1.29 is 25.2 Å². The van der Waals surface area contributed by atoms with Gasteiger partial charge < -0.3 is 25.2 Å². The molecule has 16 heavy (non-hydrogen) atoms. The highest BCUT2D eigenvalue weighted by Crippen LogP contribution is 2.11. The maximum atomic E-state index is 8.50. The highest BCUT2D eigenvalue weighted by molar-refractivity contribution is 4.74. The van der Waals surface area contributed by atoms with Crippen LogP contribution in [-0.2, 0) is 4.74 Å². The van der Waals surface area contributed by atoms with Gasteiger partial charge >= 0.3 is 0 Å². The summed E-state index contributed by atoms with van der Waals surface area (Å²) in [6, 6.07) is 0. The van der Waals surface area contributed by atoms with Crippen molar-refractivity contribution in [3.63, 3.8) is 0 Å². The van der Waals surface area contributed by atoms with Crippen LogP contribution >= 0.6 is 0 Å². The van der Waals surface area contributed by atoms with Gasteiger partial charge in [-0.15, -0.1) is 13.2 Å². The molecule has 0 heterocycles. The number of aliphatic hydroxyl groups excluding tert-OH is 4. The van der Waals surface area contributed by atoms with E-state index in [2.05, 4.69) is 13.2 Å². The maximum Gasteiger partial charge on any atom is 0.0649 e. The second kappa shape index (κ2) is 12.4. The normalized spacial score (nSPS) is 10.2. The number of rotatable bonds is 8. The number of hydrogen-bond donors (Lipinski definition) is 4. The van der Waals surface area contributed by atoms with Crippen LogP contribution in [-0.4, -0.2) is 60.1 Å². The van der Waals surface area contributed by atoms with E-state index in [1.54, 1.807) is 12.2 Å². The monoisotopic (exact) mass is 234 g/mol. The highest BCUT2D eigenvalue weighted by Gasteiger charge is 2.26. The Morgan fingerprint density at radius 1 is 0.812 bits per heavy atom. The second-order valence-electron chi connectivity index (χ2n) is 3.25. The van der Waals surface area contributed by atoms with E-state index >= 15 is 0 Å². The molecule has 0 atom stereocenters. The Labute approximate surface area is 96.3 Å². The lowest BCUT2D eigenvalue weighted by atomic mass is 9.93. The van der Waals surface area contributed by atoms with Crippen molar-refractivity contribution >= 4 is 0 Å². The molecule has 96 valence electrons. The Morgan fingerprint density at radius 3 is 1.25 bits per heavy atom. The van der Waals surface area contributed by atoms with Crippen LogP contribution in [0.5, 0.6) is 0 Å². The van der Waals surface area contributed by atoms with E-state index in [4.69, 9.17) is 25.2 Å². The van der Waals surface area contributed by atoms with Gasteiger partial charge in [0.1, 0.15) is 0 Å². The van der Waals surface area contributed by atoms with Crippen molar-refractivity contribution in [1.29, 1.82) is 0 Å². The highest BCUT2D eigenvalue weighted by atomic mass is 16.5. The largest absolute Gasteiger partial charge is 0.396 e. The van der Waals surface area contributed by atoms with Crippen LogP contribution in [0.2, 0.25) is 0 Å². The second-order valence-corrected chi connectivity index (χ2v) is 3.25. The molecule has 0 aliphatic carbocycles. The molecule has 0 amide bonds. The number of ether oxygens (including phenoxy) is 1. The van der Waals surface area contributed by atoms with Crippen LogP contribution in [0, 0.1) is 5.41 Å². The molecule has 0 fully saturated rings. The molecule has 0 saturated carbocycles. The van der Waals surface area contributed by atoms with Crippen molar-refractivity contribution in [2.45, 2.75) is 0 Å². The van der Waals surface area contributed by atoms with Crippen LogP contribution in [0.25, 0.3) is 0 Å².